The standard InChI is InChI=1S/C18H22N2O2/c1-15-7-6-8-16(13-15)19-18(21)14-20(2)11-12-22-17-9-4-3-5-10-17/h3-10,13H,11-12,14H2,1-2H3,(H,19,21). The Balaban J connectivity index is 1.70. The zero-order chi connectivity index (χ0) is 15.8. The van der Waals surface area contributed by atoms with Crippen molar-refractivity contribution < 1.29 is 9.53 Å². The number of likely N-dealkylation sites (N-methyl/N-ethyl adjacent to an activating group) is 1. The molecule has 0 aliphatic carbocycles. The van der Waals surface area contributed by atoms with E-state index in [-0.39, 0.29) is 5.91 Å². The van der Waals surface area contributed by atoms with Crippen molar-refractivity contribution in [2.75, 3.05) is 32.1 Å². The first-order chi connectivity index (χ1) is 10.6. The van der Waals surface area contributed by atoms with Crippen LogP contribution in [0.1, 0.15) is 5.56 Å². The van der Waals surface area contributed by atoms with Crippen LogP contribution in [0.25, 0.3) is 0 Å². The SMILES string of the molecule is Cc1cccc(NC(=O)CN(C)CCOc2ccccc2)c1. The van der Waals surface area contributed by atoms with Gasteiger partial charge >= 0.3 is 0 Å². The third kappa shape index (κ3) is 5.58. The first-order valence-electron chi connectivity index (χ1n) is 7.36. The summed E-state index contributed by atoms with van der Waals surface area (Å²) in [4.78, 5) is 13.9. The van der Waals surface area contributed by atoms with E-state index >= 15 is 0 Å². The van der Waals surface area contributed by atoms with E-state index < -0.39 is 0 Å². The number of rotatable bonds is 7. The number of ether oxygens (including phenoxy) is 1. The number of aryl methyl sites for hydroxylation is 1. The lowest BCUT2D eigenvalue weighted by atomic mass is 10.2. The molecule has 0 spiro atoms. The maximum Gasteiger partial charge on any atom is 0.238 e. The Hall–Kier alpha value is -2.33. The lowest BCUT2D eigenvalue weighted by Gasteiger charge is -2.16. The summed E-state index contributed by atoms with van der Waals surface area (Å²) >= 11 is 0. The summed E-state index contributed by atoms with van der Waals surface area (Å²) in [6.45, 7) is 3.59. The van der Waals surface area contributed by atoms with Crippen molar-refractivity contribution in [1.29, 1.82) is 0 Å². The highest BCUT2D eigenvalue weighted by Gasteiger charge is 2.07. The van der Waals surface area contributed by atoms with Gasteiger partial charge in [0.2, 0.25) is 5.91 Å². The molecule has 0 aliphatic rings. The first kappa shape index (κ1) is 16.0. The number of hydrogen-bond donors (Lipinski definition) is 1. The molecule has 1 N–H and O–H groups in total. The Morgan fingerprint density at radius 2 is 1.91 bits per heavy atom. The summed E-state index contributed by atoms with van der Waals surface area (Å²) in [6.07, 6.45) is 0. The van der Waals surface area contributed by atoms with Gasteiger partial charge in [0.15, 0.2) is 0 Å². The van der Waals surface area contributed by atoms with E-state index in [0.29, 0.717) is 19.7 Å². The predicted molar refractivity (Wildman–Crippen MR) is 89.2 cm³/mol. The van der Waals surface area contributed by atoms with Crippen molar-refractivity contribution in [3.05, 3.63) is 60.2 Å². The van der Waals surface area contributed by atoms with Gasteiger partial charge in [-0.1, -0.05) is 30.3 Å². The van der Waals surface area contributed by atoms with E-state index in [1.54, 1.807) is 0 Å². The van der Waals surface area contributed by atoms with Crippen LogP contribution in [0.15, 0.2) is 54.6 Å². The molecule has 2 aromatic rings. The van der Waals surface area contributed by atoms with Crippen LogP contribution in [-0.2, 0) is 4.79 Å². The summed E-state index contributed by atoms with van der Waals surface area (Å²) in [5.74, 6) is 0.827. The van der Waals surface area contributed by atoms with E-state index in [2.05, 4.69) is 5.32 Å². The minimum atomic E-state index is -0.0205. The van der Waals surface area contributed by atoms with Crippen LogP contribution in [0.5, 0.6) is 5.75 Å². The third-order valence-electron chi connectivity index (χ3n) is 3.20. The molecule has 0 unspecified atom stereocenters. The molecule has 0 fully saturated rings. The molecule has 0 saturated carbocycles. The lowest BCUT2D eigenvalue weighted by molar-refractivity contribution is -0.117. The molecule has 22 heavy (non-hydrogen) atoms. The van der Waals surface area contributed by atoms with Crippen LogP contribution < -0.4 is 10.1 Å². The summed E-state index contributed by atoms with van der Waals surface area (Å²) in [7, 11) is 1.91. The van der Waals surface area contributed by atoms with Gasteiger partial charge in [-0.25, -0.2) is 0 Å². The van der Waals surface area contributed by atoms with Gasteiger partial charge in [-0.15, -0.1) is 0 Å². The van der Waals surface area contributed by atoms with E-state index in [9.17, 15) is 4.79 Å². The summed E-state index contributed by atoms with van der Waals surface area (Å²) in [5, 5.41) is 2.90. The molecule has 116 valence electrons. The van der Waals surface area contributed by atoms with Gasteiger partial charge in [-0.3, -0.25) is 9.69 Å². The van der Waals surface area contributed by atoms with E-state index in [1.807, 2.05) is 73.5 Å². The minimum absolute atomic E-state index is 0.0205. The third-order valence-corrected chi connectivity index (χ3v) is 3.20. The van der Waals surface area contributed by atoms with E-state index in [4.69, 9.17) is 4.74 Å². The normalized spacial score (nSPS) is 10.5. The maximum atomic E-state index is 12.0. The Morgan fingerprint density at radius 3 is 2.64 bits per heavy atom. The first-order valence-corrected chi connectivity index (χ1v) is 7.36. The molecule has 1 amide bonds. The van der Waals surface area contributed by atoms with Crippen molar-refractivity contribution in [1.82, 2.24) is 4.90 Å². The van der Waals surface area contributed by atoms with Crippen LogP contribution in [0.3, 0.4) is 0 Å². The summed E-state index contributed by atoms with van der Waals surface area (Å²) < 4.78 is 5.62. The molecular weight excluding hydrogens is 276 g/mol. The van der Waals surface area contributed by atoms with Crippen LogP contribution in [0.4, 0.5) is 5.69 Å². The second-order valence-electron chi connectivity index (χ2n) is 5.32. The zero-order valence-electron chi connectivity index (χ0n) is 13.1. The van der Waals surface area contributed by atoms with Crippen molar-refractivity contribution in [3.63, 3.8) is 0 Å². The molecule has 0 saturated heterocycles. The molecular formula is C18H22N2O2. The van der Waals surface area contributed by atoms with Crippen molar-refractivity contribution >= 4 is 11.6 Å². The average Bonchev–Trinajstić information content (AvgIpc) is 2.48. The van der Waals surface area contributed by atoms with Gasteiger partial charge < -0.3 is 10.1 Å². The van der Waals surface area contributed by atoms with Crippen molar-refractivity contribution in [2.24, 2.45) is 0 Å². The average molecular weight is 298 g/mol. The number of nitrogens with zero attached hydrogens (tertiary/aromatic N) is 1. The second-order valence-corrected chi connectivity index (χ2v) is 5.32. The van der Waals surface area contributed by atoms with Gasteiger partial charge in [0, 0.05) is 12.2 Å². The number of carbonyl (C=O) groups is 1. The molecule has 0 radical (unpaired) electrons. The van der Waals surface area contributed by atoms with E-state index in [1.165, 1.54) is 0 Å². The van der Waals surface area contributed by atoms with Crippen LogP contribution in [0, 0.1) is 6.92 Å². The lowest BCUT2D eigenvalue weighted by Crippen LogP contribution is -2.33. The molecule has 0 bridgehead atoms. The second kappa shape index (κ2) is 8.20. The summed E-state index contributed by atoms with van der Waals surface area (Å²) in [5.41, 5.74) is 1.96. The topological polar surface area (TPSA) is 41.6 Å². The van der Waals surface area contributed by atoms with Gasteiger partial charge in [-0.2, -0.15) is 0 Å². The number of amides is 1. The Morgan fingerprint density at radius 1 is 1.14 bits per heavy atom. The maximum absolute atomic E-state index is 12.0. The van der Waals surface area contributed by atoms with Crippen LogP contribution >= 0.6 is 0 Å². The monoisotopic (exact) mass is 298 g/mol. The van der Waals surface area contributed by atoms with Gasteiger partial charge in [-0.05, 0) is 43.8 Å². The fourth-order valence-electron chi connectivity index (χ4n) is 2.08. The van der Waals surface area contributed by atoms with E-state index in [0.717, 1.165) is 17.0 Å². The van der Waals surface area contributed by atoms with Crippen molar-refractivity contribution in [2.45, 2.75) is 6.92 Å². The zero-order valence-corrected chi connectivity index (χ0v) is 13.1. The Bertz CT molecular complexity index is 599. The fraction of sp³-hybridized carbons (Fsp3) is 0.278. The highest BCUT2D eigenvalue weighted by atomic mass is 16.5. The van der Waals surface area contributed by atoms with Crippen molar-refractivity contribution in [3.8, 4) is 5.75 Å². The minimum Gasteiger partial charge on any atom is -0.492 e. The molecule has 4 nitrogen and oxygen atoms in total. The molecule has 0 aliphatic heterocycles. The van der Waals surface area contributed by atoms with Gasteiger partial charge in [0.1, 0.15) is 12.4 Å². The fourth-order valence-corrected chi connectivity index (χ4v) is 2.08. The van der Waals surface area contributed by atoms with Crippen LogP contribution in [0.2, 0.25) is 0 Å². The number of nitrogens with one attached hydrogen (secondary N) is 1. The molecule has 0 atom stereocenters. The molecule has 4 heteroatoms. The predicted octanol–water partition coefficient (Wildman–Crippen LogP) is 2.94. The number of hydrogen-bond acceptors (Lipinski definition) is 3. The number of carbonyl (C=O) groups excluding carboxylic acids is 1. The smallest absolute Gasteiger partial charge is 0.238 e. The molecule has 2 aromatic carbocycles. The molecule has 2 rings (SSSR count). The number of anilines is 1. The highest BCUT2D eigenvalue weighted by Crippen LogP contribution is 2.10. The Kier molecular flexibility index (Phi) is 5.98. The van der Waals surface area contributed by atoms with Gasteiger partial charge in [0.25, 0.3) is 0 Å². The number of para-hydroxylation sites is 1. The molecule has 0 heterocycles. The van der Waals surface area contributed by atoms with Gasteiger partial charge in [0.05, 0.1) is 6.54 Å². The largest absolute Gasteiger partial charge is 0.492 e. The Labute approximate surface area is 131 Å². The quantitative estimate of drug-likeness (QED) is 0.854. The highest BCUT2D eigenvalue weighted by molar-refractivity contribution is 5.92. The number of benzene rings is 2. The van der Waals surface area contributed by atoms with Crippen LogP contribution in [-0.4, -0.2) is 37.6 Å². The molecule has 0 aromatic heterocycles. The summed E-state index contributed by atoms with van der Waals surface area (Å²) in [6, 6.07) is 17.5.